The number of thiophene rings is 1. The van der Waals surface area contributed by atoms with Crippen molar-refractivity contribution in [2.45, 2.75) is 33.1 Å². The summed E-state index contributed by atoms with van der Waals surface area (Å²) in [6, 6.07) is 16.6. The first kappa shape index (κ1) is 25.1. The van der Waals surface area contributed by atoms with Gasteiger partial charge in [-0.15, -0.1) is 11.3 Å². The normalized spacial score (nSPS) is 16.5. The maximum atomic E-state index is 13.6. The smallest absolute Gasteiger partial charge is 0.331 e. The van der Waals surface area contributed by atoms with Crippen LogP contribution in [0.4, 0.5) is 21.9 Å². The predicted octanol–water partition coefficient (Wildman–Crippen LogP) is 6.91. The van der Waals surface area contributed by atoms with Gasteiger partial charge in [-0.25, -0.2) is 9.78 Å². The number of Topliss-reactive ketones (excluding diaryl/α,β-unsaturated/α-hetero) is 1. The lowest BCUT2D eigenvalue weighted by molar-refractivity contribution is -0.119. The van der Waals surface area contributed by atoms with Gasteiger partial charge in [-0.1, -0.05) is 25.1 Å². The van der Waals surface area contributed by atoms with Gasteiger partial charge in [0.2, 0.25) is 0 Å². The van der Waals surface area contributed by atoms with Crippen LogP contribution in [0, 0.1) is 12.8 Å². The highest BCUT2D eigenvalue weighted by Gasteiger charge is 2.36. The number of pyridine rings is 1. The Morgan fingerprint density at radius 2 is 1.92 bits per heavy atom. The van der Waals surface area contributed by atoms with E-state index in [4.69, 9.17) is 4.74 Å². The van der Waals surface area contributed by atoms with Crippen molar-refractivity contribution < 1.29 is 19.1 Å². The van der Waals surface area contributed by atoms with E-state index in [9.17, 15) is 14.4 Å². The highest BCUT2D eigenvalue weighted by atomic mass is 32.1. The SMILES string of the molecule is CCC(=O)C[C@H]1CCN(C(=O)c2sc3nccc4c3c2NC(=O)N4c2ccc(Oc3ccccc3)cc2C)C1. The van der Waals surface area contributed by atoms with Crippen molar-refractivity contribution in [3.63, 3.8) is 0 Å². The molecular weight excluding hydrogens is 512 g/mol. The molecule has 1 N–H and O–H groups in total. The summed E-state index contributed by atoms with van der Waals surface area (Å²) in [6.45, 7) is 4.96. The Balaban J connectivity index is 1.31. The van der Waals surface area contributed by atoms with Gasteiger partial charge < -0.3 is 15.0 Å². The van der Waals surface area contributed by atoms with E-state index in [-0.39, 0.29) is 23.6 Å². The lowest BCUT2D eigenvalue weighted by Crippen LogP contribution is -2.35. The zero-order valence-electron chi connectivity index (χ0n) is 21.8. The molecule has 3 amide bonds. The number of anilines is 3. The van der Waals surface area contributed by atoms with Crippen LogP contribution in [0.1, 0.15) is 41.4 Å². The summed E-state index contributed by atoms with van der Waals surface area (Å²) in [5.41, 5.74) is 2.78. The number of rotatable bonds is 7. The molecule has 0 unspecified atom stereocenters. The van der Waals surface area contributed by atoms with Crippen LogP contribution in [-0.2, 0) is 4.79 Å². The highest BCUT2D eigenvalue weighted by Crippen LogP contribution is 2.47. The Morgan fingerprint density at radius 1 is 1.10 bits per heavy atom. The molecular formula is C30H28N4O4S. The number of carbonyl (C=O) groups is 3. The Morgan fingerprint density at radius 3 is 2.69 bits per heavy atom. The summed E-state index contributed by atoms with van der Waals surface area (Å²) >= 11 is 1.29. The molecule has 2 aliphatic heterocycles. The Labute approximate surface area is 230 Å². The van der Waals surface area contributed by atoms with Gasteiger partial charge >= 0.3 is 6.03 Å². The molecule has 1 fully saturated rings. The van der Waals surface area contributed by atoms with Gasteiger partial charge in [0.1, 0.15) is 27.0 Å². The number of ketones is 1. The average Bonchev–Trinajstić information content (AvgIpc) is 3.55. The maximum absolute atomic E-state index is 13.6. The number of likely N-dealkylation sites (tertiary alicyclic amines) is 1. The van der Waals surface area contributed by atoms with Gasteiger partial charge in [-0.05, 0) is 61.2 Å². The molecule has 1 saturated heterocycles. The molecule has 198 valence electrons. The van der Waals surface area contributed by atoms with Crippen LogP contribution in [0.25, 0.3) is 10.2 Å². The monoisotopic (exact) mass is 540 g/mol. The Hall–Kier alpha value is -4.24. The van der Waals surface area contributed by atoms with Crippen LogP contribution < -0.4 is 15.0 Å². The lowest BCUT2D eigenvalue weighted by atomic mass is 10.0. The van der Waals surface area contributed by atoms with E-state index in [1.54, 1.807) is 16.0 Å². The molecule has 0 radical (unpaired) electrons. The van der Waals surface area contributed by atoms with Crippen LogP contribution >= 0.6 is 11.3 Å². The molecule has 2 aromatic heterocycles. The van der Waals surface area contributed by atoms with Gasteiger partial charge in [0.05, 0.1) is 22.4 Å². The fourth-order valence-electron chi connectivity index (χ4n) is 5.33. The second kappa shape index (κ2) is 10.1. The summed E-state index contributed by atoms with van der Waals surface area (Å²) in [4.78, 5) is 48.1. The third-order valence-corrected chi connectivity index (χ3v) is 8.40. The minimum absolute atomic E-state index is 0.127. The van der Waals surface area contributed by atoms with E-state index in [2.05, 4.69) is 10.3 Å². The zero-order valence-corrected chi connectivity index (χ0v) is 22.6. The molecule has 0 saturated carbocycles. The number of amides is 3. The van der Waals surface area contributed by atoms with Crippen molar-refractivity contribution >= 4 is 56.3 Å². The number of carbonyl (C=O) groups excluding carboxylic acids is 3. The van der Waals surface area contributed by atoms with Gasteiger partial charge in [0, 0.05) is 32.1 Å². The number of urea groups is 1. The fraction of sp³-hybridized carbons (Fsp3) is 0.267. The van der Waals surface area contributed by atoms with E-state index in [1.165, 1.54) is 11.3 Å². The molecule has 0 spiro atoms. The van der Waals surface area contributed by atoms with Gasteiger partial charge in [0.15, 0.2) is 0 Å². The average molecular weight is 541 g/mol. The Bertz CT molecular complexity index is 1600. The van der Waals surface area contributed by atoms with Crippen molar-refractivity contribution in [3.05, 3.63) is 71.2 Å². The van der Waals surface area contributed by atoms with Crippen LogP contribution in [-0.4, -0.2) is 40.7 Å². The fourth-order valence-corrected chi connectivity index (χ4v) is 6.42. The van der Waals surface area contributed by atoms with Gasteiger partial charge in [-0.2, -0.15) is 0 Å². The first-order valence-electron chi connectivity index (χ1n) is 13.1. The molecule has 8 nitrogen and oxygen atoms in total. The van der Waals surface area contributed by atoms with Crippen molar-refractivity contribution in [2.75, 3.05) is 23.3 Å². The van der Waals surface area contributed by atoms with Crippen LogP contribution in [0.3, 0.4) is 0 Å². The van der Waals surface area contributed by atoms with Crippen LogP contribution in [0.5, 0.6) is 11.5 Å². The minimum atomic E-state index is -0.338. The highest BCUT2D eigenvalue weighted by molar-refractivity contribution is 7.21. The topological polar surface area (TPSA) is 91.8 Å². The van der Waals surface area contributed by atoms with Crippen LogP contribution in [0.15, 0.2) is 60.8 Å². The van der Waals surface area contributed by atoms with E-state index < -0.39 is 0 Å². The van der Waals surface area contributed by atoms with E-state index in [0.717, 1.165) is 23.1 Å². The number of ether oxygens (including phenoxy) is 1. The zero-order chi connectivity index (χ0) is 27.1. The molecule has 4 aromatic rings. The van der Waals surface area contributed by atoms with E-state index in [0.29, 0.717) is 58.5 Å². The quantitative estimate of drug-likeness (QED) is 0.275. The summed E-state index contributed by atoms with van der Waals surface area (Å²) in [6.07, 6.45) is 3.50. The predicted molar refractivity (Wildman–Crippen MR) is 152 cm³/mol. The number of nitrogens with one attached hydrogen (secondary N) is 1. The second-order valence-corrected chi connectivity index (χ2v) is 10.9. The molecule has 4 heterocycles. The molecule has 2 aliphatic rings. The number of aromatic nitrogens is 1. The van der Waals surface area contributed by atoms with E-state index in [1.807, 2.05) is 68.4 Å². The summed E-state index contributed by atoms with van der Waals surface area (Å²) in [7, 11) is 0. The van der Waals surface area contributed by atoms with Crippen molar-refractivity contribution in [3.8, 4) is 11.5 Å². The molecule has 6 rings (SSSR count). The van der Waals surface area contributed by atoms with Crippen molar-refractivity contribution in [1.82, 2.24) is 9.88 Å². The van der Waals surface area contributed by atoms with Crippen molar-refractivity contribution in [1.29, 1.82) is 0 Å². The van der Waals surface area contributed by atoms with Crippen molar-refractivity contribution in [2.24, 2.45) is 5.92 Å². The summed E-state index contributed by atoms with van der Waals surface area (Å²) in [5, 5.41) is 3.74. The number of benzene rings is 2. The number of hydrogen-bond acceptors (Lipinski definition) is 6. The lowest BCUT2D eigenvalue weighted by Gasteiger charge is -2.30. The first-order chi connectivity index (χ1) is 18.9. The molecule has 1 atom stereocenters. The maximum Gasteiger partial charge on any atom is 0.331 e. The third kappa shape index (κ3) is 4.63. The standard InChI is InChI=1S/C30H28N4O4S/c1-3-20(35)16-19-12-14-33(17-19)29(36)27-26-25-24(11-13-31-28(25)39-27)34(30(37)32-26)23-10-9-22(15-18(23)2)38-21-7-5-4-6-8-21/h4-11,13,15,19H,3,12,14,16-17H2,1-2H3,(H,32,37)/t19-/m1/s1. The molecule has 9 heteroatoms. The largest absolute Gasteiger partial charge is 0.457 e. The second-order valence-electron chi connectivity index (χ2n) is 9.95. The van der Waals surface area contributed by atoms with Gasteiger partial charge in [0.25, 0.3) is 5.91 Å². The Kier molecular flexibility index (Phi) is 6.52. The summed E-state index contributed by atoms with van der Waals surface area (Å²) in [5.74, 6) is 1.69. The molecule has 0 aliphatic carbocycles. The summed E-state index contributed by atoms with van der Waals surface area (Å²) < 4.78 is 5.97. The van der Waals surface area contributed by atoms with Crippen LogP contribution in [0.2, 0.25) is 0 Å². The minimum Gasteiger partial charge on any atom is -0.457 e. The molecule has 2 aromatic carbocycles. The van der Waals surface area contributed by atoms with Gasteiger partial charge in [-0.3, -0.25) is 14.5 Å². The molecule has 0 bridgehead atoms. The van der Waals surface area contributed by atoms with E-state index >= 15 is 0 Å². The number of para-hydroxylation sites is 1. The third-order valence-electron chi connectivity index (χ3n) is 7.31. The first-order valence-corrected chi connectivity index (χ1v) is 13.9. The number of aryl methyl sites for hydroxylation is 1. The number of hydrogen-bond donors (Lipinski definition) is 1. The number of nitrogens with zero attached hydrogens (tertiary/aromatic N) is 3. The molecule has 39 heavy (non-hydrogen) atoms.